The first-order valence-corrected chi connectivity index (χ1v) is 3.71. The molecule has 0 aromatic heterocycles. The molecular formula is C8H14O2. The molecule has 1 rings (SSSR count). The first-order valence-electron chi connectivity index (χ1n) is 3.71. The van der Waals surface area contributed by atoms with Crippen LogP contribution in [0.5, 0.6) is 0 Å². The fourth-order valence-electron chi connectivity index (χ4n) is 1.11. The van der Waals surface area contributed by atoms with Crippen LogP contribution in [-0.2, 0) is 4.74 Å². The van der Waals surface area contributed by atoms with Crippen molar-refractivity contribution in [3.8, 4) is 0 Å². The number of ether oxygens (including phenoxy) is 1. The van der Waals surface area contributed by atoms with Crippen molar-refractivity contribution in [2.75, 3.05) is 6.61 Å². The standard InChI is InChI=1S/C8H14O2/c1-3-5-8(6-10-8)7(9)4-2/h3,5,7,9H,4,6H2,1-2H3/b5-3+/t7?,8-/m1/s1. The third kappa shape index (κ3) is 1.22. The molecule has 0 aliphatic carbocycles. The molecule has 0 bridgehead atoms. The minimum Gasteiger partial charge on any atom is -0.390 e. The number of allylic oxidation sites excluding steroid dienone is 1. The Morgan fingerprint density at radius 1 is 1.80 bits per heavy atom. The molecule has 1 saturated heterocycles. The van der Waals surface area contributed by atoms with Crippen molar-refractivity contribution < 1.29 is 9.84 Å². The summed E-state index contributed by atoms with van der Waals surface area (Å²) in [5, 5.41) is 9.40. The van der Waals surface area contributed by atoms with Crippen molar-refractivity contribution in [3.63, 3.8) is 0 Å². The van der Waals surface area contributed by atoms with Gasteiger partial charge in [0, 0.05) is 0 Å². The molecule has 0 spiro atoms. The smallest absolute Gasteiger partial charge is 0.135 e. The zero-order valence-corrected chi connectivity index (χ0v) is 6.50. The predicted octanol–water partition coefficient (Wildman–Crippen LogP) is 1.10. The first kappa shape index (κ1) is 7.76. The molecule has 0 radical (unpaired) electrons. The van der Waals surface area contributed by atoms with Gasteiger partial charge in [0.25, 0.3) is 0 Å². The minimum atomic E-state index is -0.330. The number of hydrogen-bond donors (Lipinski definition) is 1. The van der Waals surface area contributed by atoms with Gasteiger partial charge in [-0.3, -0.25) is 0 Å². The minimum absolute atomic E-state index is 0.316. The normalized spacial score (nSPS) is 34.7. The maximum atomic E-state index is 9.40. The fraction of sp³-hybridized carbons (Fsp3) is 0.750. The van der Waals surface area contributed by atoms with Crippen molar-refractivity contribution in [1.82, 2.24) is 0 Å². The van der Waals surface area contributed by atoms with Crippen LogP contribution in [-0.4, -0.2) is 23.4 Å². The maximum Gasteiger partial charge on any atom is 0.135 e. The highest BCUT2D eigenvalue weighted by Crippen LogP contribution is 2.33. The molecule has 0 amide bonds. The van der Waals surface area contributed by atoms with E-state index in [9.17, 15) is 5.11 Å². The molecule has 0 aromatic carbocycles. The van der Waals surface area contributed by atoms with E-state index >= 15 is 0 Å². The molecule has 10 heavy (non-hydrogen) atoms. The molecule has 2 atom stereocenters. The van der Waals surface area contributed by atoms with Crippen molar-refractivity contribution in [2.45, 2.75) is 32.0 Å². The average Bonchev–Trinajstić information content (AvgIpc) is 2.69. The summed E-state index contributed by atoms with van der Waals surface area (Å²) in [6, 6.07) is 0. The largest absolute Gasteiger partial charge is 0.390 e. The molecule has 1 aliphatic rings. The Hall–Kier alpha value is -0.340. The van der Waals surface area contributed by atoms with Crippen LogP contribution in [0.2, 0.25) is 0 Å². The summed E-state index contributed by atoms with van der Waals surface area (Å²) >= 11 is 0. The summed E-state index contributed by atoms with van der Waals surface area (Å²) in [4.78, 5) is 0. The van der Waals surface area contributed by atoms with E-state index in [0.717, 1.165) is 6.42 Å². The molecule has 0 saturated carbocycles. The van der Waals surface area contributed by atoms with Gasteiger partial charge in [-0.25, -0.2) is 0 Å². The molecule has 0 aromatic rings. The van der Waals surface area contributed by atoms with E-state index in [2.05, 4.69) is 0 Å². The Labute approximate surface area is 61.5 Å². The second-order valence-electron chi connectivity index (χ2n) is 2.67. The van der Waals surface area contributed by atoms with Crippen molar-refractivity contribution in [1.29, 1.82) is 0 Å². The summed E-state index contributed by atoms with van der Waals surface area (Å²) in [6.07, 6.45) is 4.28. The van der Waals surface area contributed by atoms with Gasteiger partial charge < -0.3 is 9.84 Å². The monoisotopic (exact) mass is 142 g/mol. The van der Waals surface area contributed by atoms with E-state index in [-0.39, 0.29) is 11.7 Å². The van der Waals surface area contributed by atoms with Gasteiger partial charge in [-0.15, -0.1) is 0 Å². The molecule has 58 valence electrons. The average molecular weight is 142 g/mol. The molecule has 2 nitrogen and oxygen atoms in total. The molecule has 1 aliphatic heterocycles. The van der Waals surface area contributed by atoms with Crippen LogP contribution in [0.3, 0.4) is 0 Å². The number of aliphatic hydroxyl groups is 1. The highest BCUT2D eigenvalue weighted by molar-refractivity contribution is 5.13. The topological polar surface area (TPSA) is 32.8 Å². The van der Waals surface area contributed by atoms with Gasteiger partial charge in [0.05, 0.1) is 12.7 Å². The Morgan fingerprint density at radius 2 is 2.40 bits per heavy atom. The highest BCUT2D eigenvalue weighted by Gasteiger charge is 2.47. The second-order valence-corrected chi connectivity index (χ2v) is 2.67. The Kier molecular flexibility index (Phi) is 2.11. The van der Waals surface area contributed by atoms with Crippen LogP contribution < -0.4 is 0 Å². The number of rotatable bonds is 3. The summed E-state index contributed by atoms with van der Waals surface area (Å²) in [5.41, 5.74) is -0.316. The van der Waals surface area contributed by atoms with E-state index in [1.165, 1.54) is 0 Å². The summed E-state index contributed by atoms with van der Waals surface area (Å²) < 4.78 is 5.15. The lowest BCUT2D eigenvalue weighted by Crippen LogP contribution is -2.26. The lowest BCUT2D eigenvalue weighted by Gasteiger charge is -2.12. The van der Waals surface area contributed by atoms with Crippen LogP contribution in [0.4, 0.5) is 0 Å². The van der Waals surface area contributed by atoms with Crippen molar-refractivity contribution in [3.05, 3.63) is 12.2 Å². The van der Waals surface area contributed by atoms with Crippen molar-refractivity contribution in [2.24, 2.45) is 0 Å². The van der Waals surface area contributed by atoms with Gasteiger partial charge in [-0.05, 0) is 13.3 Å². The van der Waals surface area contributed by atoms with E-state index in [0.29, 0.717) is 6.61 Å². The van der Waals surface area contributed by atoms with Crippen LogP contribution >= 0.6 is 0 Å². The Bertz CT molecular complexity index is 136. The lowest BCUT2D eigenvalue weighted by atomic mass is 10.0. The zero-order chi connectivity index (χ0) is 7.61. The third-order valence-electron chi connectivity index (χ3n) is 1.88. The lowest BCUT2D eigenvalue weighted by molar-refractivity contribution is 0.0964. The quantitative estimate of drug-likeness (QED) is 0.473. The van der Waals surface area contributed by atoms with Gasteiger partial charge in [0.1, 0.15) is 5.60 Å². The zero-order valence-electron chi connectivity index (χ0n) is 6.50. The van der Waals surface area contributed by atoms with Crippen LogP contribution in [0.1, 0.15) is 20.3 Å². The SMILES string of the molecule is C/C=C/[C@]1(C(O)CC)CO1. The third-order valence-corrected chi connectivity index (χ3v) is 1.88. The van der Waals surface area contributed by atoms with E-state index in [4.69, 9.17) is 4.74 Å². The Balaban J connectivity index is 2.51. The van der Waals surface area contributed by atoms with Gasteiger partial charge >= 0.3 is 0 Å². The van der Waals surface area contributed by atoms with E-state index < -0.39 is 0 Å². The number of epoxide rings is 1. The van der Waals surface area contributed by atoms with Crippen LogP contribution in [0.25, 0.3) is 0 Å². The van der Waals surface area contributed by atoms with Gasteiger partial charge in [-0.1, -0.05) is 19.1 Å². The fourth-order valence-corrected chi connectivity index (χ4v) is 1.11. The molecule has 2 heteroatoms. The van der Waals surface area contributed by atoms with E-state index in [1.54, 1.807) is 0 Å². The molecular weight excluding hydrogens is 128 g/mol. The maximum absolute atomic E-state index is 9.40. The molecule has 1 fully saturated rings. The predicted molar refractivity (Wildman–Crippen MR) is 39.8 cm³/mol. The van der Waals surface area contributed by atoms with Crippen molar-refractivity contribution >= 4 is 0 Å². The first-order chi connectivity index (χ1) is 4.75. The van der Waals surface area contributed by atoms with E-state index in [1.807, 2.05) is 26.0 Å². The van der Waals surface area contributed by atoms with Gasteiger partial charge in [0.2, 0.25) is 0 Å². The molecule has 1 N–H and O–H groups in total. The second kappa shape index (κ2) is 2.72. The summed E-state index contributed by atoms with van der Waals surface area (Å²) in [6.45, 7) is 4.57. The van der Waals surface area contributed by atoms with Crippen LogP contribution in [0, 0.1) is 0 Å². The molecule has 1 unspecified atom stereocenters. The van der Waals surface area contributed by atoms with Gasteiger partial charge in [0.15, 0.2) is 0 Å². The summed E-state index contributed by atoms with van der Waals surface area (Å²) in [5.74, 6) is 0. The number of aliphatic hydroxyl groups excluding tert-OH is 1. The van der Waals surface area contributed by atoms with Gasteiger partial charge in [-0.2, -0.15) is 0 Å². The van der Waals surface area contributed by atoms with Crippen LogP contribution in [0.15, 0.2) is 12.2 Å². The summed E-state index contributed by atoms with van der Waals surface area (Å²) in [7, 11) is 0. The number of hydrogen-bond acceptors (Lipinski definition) is 2. The molecule has 1 heterocycles. The Morgan fingerprint density at radius 3 is 2.70 bits per heavy atom. The highest BCUT2D eigenvalue weighted by atomic mass is 16.6.